The van der Waals surface area contributed by atoms with Gasteiger partial charge in [-0.15, -0.1) is 23.7 Å². The fraction of sp³-hybridized carbons (Fsp3) is 0.267. The number of ether oxygens (including phenoxy) is 1. The van der Waals surface area contributed by atoms with Crippen LogP contribution in [0.4, 0.5) is 0 Å². The largest absolute Gasteiger partial charge is 0.466 e. The Morgan fingerprint density at radius 1 is 1.56 bits per heavy atom. The minimum atomic E-state index is -0.365. The lowest BCUT2D eigenvalue weighted by molar-refractivity contribution is -0.134. The van der Waals surface area contributed by atoms with Crippen molar-refractivity contribution in [2.24, 2.45) is 0 Å². The fourth-order valence-corrected chi connectivity index (χ4v) is 1.95. The van der Waals surface area contributed by atoms with Crippen LogP contribution in [0.2, 0.25) is 0 Å². The van der Waals surface area contributed by atoms with Crippen LogP contribution in [0.25, 0.3) is 6.08 Å². The van der Waals surface area contributed by atoms with Crippen molar-refractivity contribution in [2.45, 2.75) is 19.3 Å². The van der Waals surface area contributed by atoms with Gasteiger partial charge in [-0.2, -0.15) is 0 Å². The normalized spacial score (nSPS) is 9.56. The molecule has 0 bridgehead atoms. The molecule has 0 aliphatic carbocycles. The van der Waals surface area contributed by atoms with Crippen molar-refractivity contribution >= 4 is 23.4 Å². The van der Waals surface area contributed by atoms with Crippen LogP contribution >= 0.6 is 11.3 Å². The van der Waals surface area contributed by atoms with Crippen molar-refractivity contribution < 1.29 is 9.53 Å². The molecule has 0 aromatic carbocycles. The van der Waals surface area contributed by atoms with E-state index in [0.29, 0.717) is 0 Å². The first kappa shape index (κ1) is 14.1. The molecule has 0 spiro atoms. The Labute approximate surface area is 112 Å². The third-order valence-electron chi connectivity index (χ3n) is 2.11. The SMILES string of the molecule is C#CCCCC#Cc1ccsc1/C=C/C(=O)OC. The second-order valence-corrected chi connectivity index (χ2v) is 4.36. The molecule has 2 nitrogen and oxygen atoms in total. The quantitative estimate of drug-likeness (QED) is 0.359. The van der Waals surface area contributed by atoms with E-state index < -0.39 is 0 Å². The Morgan fingerprint density at radius 3 is 3.11 bits per heavy atom. The Kier molecular flexibility index (Phi) is 6.40. The highest BCUT2D eigenvalue weighted by molar-refractivity contribution is 7.11. The standard InChI is InChI=1S/C15H14O2S/c1-3-4-5-6-7-8-13-11-12-18-14(13)9-10-15(16)17-2/h1,9-12H,4-6H2,2H3/b10-9+. The second kappa shape index (κ2) is 8.17. The van der Waals surface area contributed by atoms with E-state index in [1.165, 1.54) is 13.2 Å². The van der Waals surface area contributed by atoms with E-state index in [-0.39, 0.29) is 5.97 Å². The van der Waals surface area contributed by atoms with E-state index >= 15 is 0 Å². The summed E-state index contributed by atoms with van der Waals surface area (Å²) in [6.45, 7) is 0. The number of thiophene rings is 1. The topological polar surface area (TPSA) is 26.3 Å². The van der Waals surface area contributed by atoms with E-state index in [9.17, 15) is 4.79 Å². The van der Waals surface area contributed by atoms with Gasteiger partial charge in [-0.3, -0.25) is 0 Å². The van der Waals surface area contributed by atoms with Crippen LogP contribution in [0, 0.1) is 24.2 Å². The van der Waals surface area contributed by atoms with Crippen LogP contribution in [0.1, 0.15) is 29.7 Å². The van der Waals surface area contributed by atoms with Gasteiger partial charge in [0.2, 0.25) is 0 Å². The van der Waals surface area contributed by atoms with Gasteiger partial charge in [0.1, 0.15) is 0 Å². The van der Waals surface area contributed by atoms with Crippen LogP contribution in [-0.4, -0.2) is 13.1 Å². The molecule has 0 saturated carbocycles. The average Bonchev–Trinajstić information content (AvgIpc) is 2.83. The van der Waals surface area contributed by atoms with Crippen molar-refractivity contribution in [3.05, 3.63) is 28.0 Å². The van der Waals surface area contributed by atoms with E-state index in [0.717, 1.165) is 29.7 Å². The van der Waals surface area contributed by atoms with Crippen LogP contribution in [0.5, 0.6) is 0 Å². The smallest absolute Gasteiger partial charge is 0.330 e. The molecule has 0 fully saturated rings. The van der Waals surface area contributed by atoms with Crippen LogP contribution < -0.4 is 0 Å². The van der Waals surface area contributed by atoms with Gasteiger partial charge < -0.3 is 4.74 Å². The van der Waals surface area contributed by atoms with Crippen molar-refractivity contribution in [2.75, 3.05) is 7.11 Å². The number of esters is 1. The van der Waals surface area contributed by atoms with Crippen molar-refractivity contribution in [1.29, 1.82) is 0 Å². The summed E-state index contributed by atoms with van der Waals surface area (Å²) in [5, 5.41) is 1.95. The van der Waals surface area contributed by atoms with Crippen molar-refractivity contribution in [3.8, 4) is 24.2 Å². The summed E-state index contributed by atoms with van der Waals surface area (Å²) in [5.41, 5.74) is 0.931. The van der Waals surface area contributed by atoms with E-state index in [1.54, 1.807) is 17.4 Å². The molecule has 0 saturated heterocycles. The first-order valence-corrected chi connectivity index (χ1v) is 6.41. The molecule has 1 rings (SSSR count). The third-order valence-corrected chi connectivity index (χ3v) is 3.00. The Morgan fingerprint density at radius 2 is 2.39 bits per heavy atom. The van der Waals surface area contributed by atoms with Crippen molar-refractivity contribution in [3.63, 3.8) is 0 Å². The predicted octanol–water partition coefficient (Wildman–Crippen LogP) is 3.09. The maximum absolute atomic E-state index is 11.0. The molecule has 1 aromatic rings. The predicted molar refractivity (Wildman–Crippen MR) is 74.9 cm³/mol. The average molecular weight is 258 g/mol. The first-order valence-electron chi connectivity index (χ1n) is 5.53. The summed E-state index contributed by atoms with van der Waals surface area (Å²) in [6, 6.07) is 1.94. The number of hydrogen-bond donors (Lipinski definition) is 0. The number of methoxy groups -OCH3 is 1. The van der Waals surface area contributed by atoms with Gasteiger partial charge in [0.15, 0.2) is 0 Å². The zero-order valence-corrected chi connectivity index (χ0v) is 11.0. The summed E-state index contributed by atoms with van der Waals surface area (Å²) < 4.78 is 4.54. The minimum Gasteiger partial charge on any atom is -0.466 e. The number of terminal acetylenes is 1. The summed E-state index contributed by atoms with van der Waals surface area (Å²) >= 11 is 1.54. The molecule has 1 aromatic heterocycles. The summed E-state index contributed by atoms with van der Waals surface area (Å²) in [5.74, 6) is 8.38. The lowest BCUT2D eigenvalue weighted by Crippen LogP contribution is -1.93. The maximum Gasteiger partial charge on any atom is 0.330 e. The Balaban J connectivity index is 2.63. The van der Waals surface area contributed by atoms with Gasteiger partial charge in [0.25, 0.3) is 0 Å². The highest BCUT2D eigenvalue weighted by Gasteiger charge is 1.98. The van der Waals surface area contributed by atoms with Gasteiger partial charge in [-0.1, -0.05) is 11.8 Å². The molecule has 0 radical (unpaired) electrons. The lowest BCUT2D eigenvalue weighted by Gasteiger charge is -1.90. The maximum atomic E-state index is 11.0. The third kappa shape index (κ3) is 4.91. The molecule has 3 heteroatoms. The van der Waals surface area contributed by atoms with E-state index in [1.807, 2.05) is 11.4 Å². The van der Waals surface area contributed by atoms with Gasteiger partial charge in [-0.05, 0) is 23.9 Å². The molecule has 0 aliphatic heterocycles. The molecule has 0 atom stereocenters. The van der Waals surface area contributed by atoms with Gasteiger partial charge in [0.05, 0.1) is 7.11 Å². The lowest BCUT2D eigenvalue weighted by atomic mass is 10.2. The zero-order valence-electron chi connectivity index (χ0n) is 10.2. The van der Waals surface area contributed by atoms with Crippen molar-refractivity contribution in [1.82, 2.24) is 0 Å². The molecular formula is C15H14O2S. The number of carbonyl (C=O) groups is 1. The molecule has 0 N–H and O–H groups in total. The highest BCUT2D eigenvalue weighted by atomic mass is 32.1. The summed E-state index contributed by atoms with van der Waals surface area (Å²) in [4.78, 5) is 12.0. The Bertz CT molecular complexity index is 521. The molecule has 92 valence electrons. The zero-order chi connectivity index (χ0) is 13.2. The van der Waals surface area contributed by atoms with Gasteiger partial charge in [0, 0.05) is 29.4 Å². The Hall–Kier alpha value is -1.97. The van der Waals surface area contributed by atoms with Crippen LogP contribution in [0.15, 0.2) is 17.5 Å². The van der Waals surface area contributed by atoms with E-state index in [2.05, 4.69) is 22.5 Å². The number of hydrogen-bond acceptors (Lipinski definition) is 3. The highest BCUT2D eigenvalue weighted by Crippen LogP contribution is 2.17. The van der Waals surface area contributed by atoms with Crippen LogP contribution in [0.3, 0.4) is 0 Å². The molecular weight excluding hydrogens is 244 g/mol. The molecule has 0 amide bonds. The van der Waals surface area contributed by atoms with Gasteiger partial charge >= 0.3 is 5.97 Å². The number of rotatable bonds is 4. The fourth-order valence-electron chi connectivity index (χ4n) is 1.20. The first-order chi connectivity index (χ1) is 8.77. The molecule has 0 unspecified atom stereocenters. The number of unbranched alkanes of at least 4 members (excludes halogenated alkanes) is 2. The number of carbonyl (C=O) groups excluding carboxylic acids is 1. The molecule has 1 heterocycles. The molecule has 18 heavy (non-hydrogen) atoms. The second-order valence-electron chi connectivity index (χ2n) is 3.41. The monoisotopic (exact) mass is 258 g/mol. The molecule has 0 aliphatic rings. The minimum absolute atomic E-state index is 0.365. The van der Waals surface area contributed by atoms with E-state index in [4.69, 9.17) is 6.42 Å². The van der Waals surface area contributed by atoms with Gasteiger partial charge in [-0.25, -0.2) is 4.79 Å². The van der Waals surface area contributed by atoms with Crippen LogP contribution in [-0.2, 0) is 9.53 Å². The summed E-state index contributed by atoms with van der Waals surface area (Å²) in [6.07, 6.45) is 10.8. The summed E-state index contributed by atoms with van der Waals surface area (Å²) in [7, 11) is 1.35.